The molecule has 0 amide bonds. The Labute approximate surface area is 209 Å². The highest BCUT2D eigenvalue weighted by Gasteiger charge is 2.24. The van der Waals surface area contributed by atoms with Crippen molar-refractivity contribution in [2.24, 2.45) is 10.9 Å². The number of guanidine groups is 1. The lowest BCUT2D eigenvalue weighted by atomic mass is 10.0. The maximum Gasteiger partial charge on any atom is 0.191 e. The maximum atomic E-state index is 8.95. The maximum absolute atomic E-state index is 8.95. The number of rotatable bonds is 10. The zero-order valence-electron chi connectivity index (χ0n) is 19.3. The number of piperidine rings is 1. The number of nitrogens with one attached hydrogen (secondary N) is 2. The van der Waals surface area contributed by atoms with Crippen molar-refractivity contribution < 1.29 is 19.3 Å². The van der Waals surface area contributed by atoms with Crippen LogP contribution in [-0.4, -0.2) is 81.7 Å². The fourth-order valence-corrected chi connectivity index (χ4v) is 4.12. The van der Waals surface area contributed by atoms with Crippen LogP contribution in [0.5, 0.6) is 11.5 Å². The highest BCUT2D eigenvalue weighted by molar-refractivity contribution is 14.0. The van der Waals surface area contributed by atoms with Crippen molar-refractivity contribution in [1.82, 2.24) is 15.5 Å². The van der Waals surface area contributed by atoms with Crippen molar-refractivity contribution >= 4 is 29.9 Å². The predicted octanol–water partition coefficient (Wildman–Crippen LogP) is 2.24. The molecule has 0 spiro atoms. The first-order valence-electron chi connectivity index (χ1n) is 11.5. The molecular formula is C23H39IN4O4. The van der Waals surface area contributed by atoms with Crippen molar-refractivity contribution in [3.8, 4) is 11.5 Å². The average molecular weight is 562 g/mol. The van der Waals surface area contributed by atoms with Crippen LogP contribution in [0.2, 0.25) is 0 Å². The molecule has 1 unspecified atom stereocenters. The van der Waals surface area contributed by atoms with Gasteiger partial charge >= 0.3 is 0 Å². The molecule has 2 aliphatic rings. The molecule has 1 aromatic rings. The molecular weight excluding hydrogens is 523 g/mol. The fourth-order valence-electron chi connectivity index (χ4n) is 4.12. The number of likely N-dealkylation sites (tertiary alicyclic amines) is 1. The van der Waals surface area contributed by atoms with E-state index in [-0.39, 0.29) is 37.2 Å². The summed E-state index contributed by atoms with van der Waals surface area (Å²) in [6.07, 6.45) is 3.46. The van der Waals surface area contributed by atoms with Crippen LogP contribution in [0.15, 0.2) is 23.2 Å². The Bertz CT molecular complexity index is 693. The minimum atomic E-state index is -0.0269. The summed E-state index contributed by atoms with van der Waals surface area (Å²) in [4.78, 5) is 7.35. The molecule has 3 rings (SSSR count). The van der Waals surface area contributed by atoms with E-state index in [1.807, 2.05) is 18.2 Å². The summed E-state index contributed by atoms with van der Waals surface area (Å²) >= 11 is 0. The summed E-state index contributed by atoms with van der Waals surface area (Å²) in [5.74, 6) is 2.84. The van der Waals surface area contributed by atoms with E-state index in [1.54, 1.807) is 7.11 Å². The van der Waals surface area contributed by atoms with Gasteiger partial charge in [-0.2, -0.15) is 0 Å². The Morgan fingerprint density at radius 3 is 2.72 bits per heavy atom. The van der Waals surface area contributed by atoms with Crippen molar-refractivity contribution in [1.29, 1.82) is 0 Å². The molecule has 8 nitrogen and oxygen atoms in total. The van der Waals surface area contributed by atoms with Crippen LogP contribution < -0.4 is 20.1 Å². The summed E-state index contributed by atoms with van der Waals surface area (Å²) < 4.78 is 16.4. The number of aliphatic hydroxyl groups is 1. The molecule has 2 aliphatic heterocycles. The zero-order chi connectivity index (χ0) is 21.9. The molecule has 9 heteroatoms. The van der Waals surface area contributed by atoms with Crippen LogP contribution in [-0.2, 0) is 11.3 Å². The number of aliphatic hydroxyl groups excluding tert-OH is 1. The van der Waals surface area contributed by atoms with Gasteiger partial charge in [0, 0.05) is 38.8 Å². The largest absolute Gasteiger partial charge is 0.493 e. The van der Waals surface area contributed by atoms with Crippen molar-refractivity contribution in [3.05, 3.63) is 23.8 Å². The number of hydrogen-bond donors (Lipinski definition) is 3. The summed E-state index contributed by atoms with van der Waals surface area (Å²) in [5, 5.41) is 15.9. The first kappa shape index (κ1) is 26.9. The minimum absolute atomic E-state index is 0. The number of ether oxygens (including phenoxy) is 3. The number of hydrogen-bond acceptors (Lipinski definition) is 6. The topological polar surface area (TPSA) is 87.6 Å². The first-order chi connectivity index (χ1) is 15.2. The normalized spacial score (nSPS) is 20.0. The Hall–Kier alpha value is -1.30. The van der Waals surface area contributed by atoms with Gasteiger partial charge in [-0.25, -0.2) is 4.99 Å². The molecule has 0 aliphatic carbocycles. The third kappa shape index (κ3) is 8.57. The summed E-state index contributed by atoms with van der Waals surface area (Å²) in [6.45, 7) is 8.94. The number of halogens is 1. The Morgan fingerprint density at radius 1 is 1.25 bits per heavy atom. The molecule has 182 valence electrons. The van der Waals surface area contributed by atoms with Gasteiger partial charge in [0.2, 0.25) is 0 Å². The van der Waals surface area contributed by atoms with Gasteiger partial charge in [-0.05, 0) is 49.8 Å². The van der Waals surface area contributed by atoms with Gasteiger partial charge in [0.25, 0.3) is 0 Å². The van der Waals surface area contributed by atoms with Gasteiger partial charge in [-0.3, -0.25) is 0 Å². The molecule has 1 atom stereocenters. The molecule has 0 bridgehead atoms. The average Bonchev–Trinajstić information content (AvgIpc) is 3.31. The smallest absolute Gasteiger partial charge is 0.191 e. The SMILES string of the molecule is CCNC(=NCc1ccc(OCCO)c(OC)c1)NC1CCN(CC2CCOC2)CC1.I. The third-order valence-electron chi connectivity index (χ3n) is 5.81. The van der Waals surface area contributed by atoms with E-state index in [9.17, 15) is 0 Å². The fraction of sp³-hybridized carbons (Fsp3) is 0.696. The van der Waals surface area contributed by atoms with E-state index in [0.29, 0.717) is 30.0 Å². The Balaban J connectivity index is 0.00000363. The molecule has 3 N–H and O–H groups in total. The molecule has 2 heterocycles. The van der Waals surface area contributed by atoms with Gasteiger partial charge in [0.05, 0.1) is 26.9 Å². The molecule has 0 saturated carbocycles. The lowest BCUT2D eigenvalue weighted by Gasteiger charge is -2.34. The van der Waals surface area contributed by atoms with Crippen LogP contribution in [0, 0.1) is 5.92 Å². The van der Waals surface area contributed by atoms with Crippen molar-refractivity contribution in [2.45, 2.75) is 38.8 Å². The third-order valence-corrected chi connectivity index (χ3v) is 5.81. The number of aliphatic imine (C=N–C) groups is 1. The van der Waals surface area contributed by atoms with Crippen LogP contribution in [0.3, 0.4) is 0 Å². The molecule has 1 aromatic carbocycles. The second-order valence-electron chi connectivity index (χ2n) is 8.20. The highest BCUT2D eigenvalue weighted by Crippen LogP contribution is 2.28. The van der Waals surface area contributed by atoms with E-state index in [4.69, 9.17) is 24.3 Å². The zero-order valence-corrected chi connectivity index (χ0v) is 21.7. The standard InChI is InChI=1S/C23H38N4O4.HI/c1-3-24-23(25-15-18-4-5-21(31-13-11-28)22(14-18)29-2)26-20-6-9-27(10-7-20)16-19-8-12-30-17-19;/h4-5,14,19-20,28H,3,6-13,15-17H2,1-2H3,(H2,24,25,26);1H. The lowest BCUT2D eigenvalue weighted by Crippen LogP contribution is -2.49. The summed E-state index contributed by atoms with van der Waals surface area (Å²) in [6, 6.07) is 6.22. The van der Waals surface area contributed by atoms with Crippen molar-refractivity contribution in [3.63, 3.8) is 0 Å². The second-order valence-corrected chi connectivity index (χ2v) is 8.20. The van der Waals surface area contributed by atoms with Gasteiger partial charge in [-0.15, -0.1) is 24.0 Å². The summed E-state index contributed by atoms with van der Waals surface area (Å²) in [7, 11) is 1.62. The van der Waals surface area contributed by atoms with Gasteiger partial charge in [0.15, 0.2) is 17.5 Å². The quantitative estimate of drug-likeness (QED) is 0.229. The van der Waals surface area contributed by atoms with Crippen LogP contribution in [0.4, 0.5) is 0 Å². The first-order valence-corrected chi connectivity index (χ1v) is 11.5. The molecule has 0 radical (unpaired) electrons. The highest BCUT2D eigenvalue weighted by atomic mass is 127. The van der Waals surface area contributed by atoms with E-state index in [1.165, 1.54) is 13.0 Å². The number of nitrogens with zero attached hydrogens (tertiary/aromatic N) is 2. The van der Waals surface area contributed by atoms with Gasteiger partial charge in [-0.1, -0.05) is 6.07 Å². The molecule has 2 saturated heterocycles. The monoisotopic (exact) mass is 562 g/mol. The number of methoxy groups -OCH3 is 1. The van der Waals surface area contributed by atoms with E-state index in [2.05, 4.69) is 22.5 Å². The Morgan fingerprint density at radius 2 is 2.06 bits per heavy atom. The van der Waals surface area contributed by atoms with Crippen LogP contribution in [0.1, 0.15) is 31.7 Å². The van der Waals surface area contributed by atoms with Gasteiger partial charge < -0.3 is 34.9 Å². The minimum Gasteiger partial charge on any atom is -0.493 e. The molecule has 32 heavy (non-hydrogen) atoms. The van der Waals surface area contributed by atoms with Crippen molar-refractivity contribution in [2.75, 3.05) is 59.7 Å². The lowest BCUT2D eigenvalue weighted by molar-refractivity contribution is 0.150. The van der Waals surface area contributed by atoms with E-state index in [0.717, 1.165) is 57.2 Å². The van der Waals surface area contributed by atoms with Crippen LogP contribution in [0.25, 0.3) is 0 Å². The van der Waals surface area contributed by atoms with Gasteiger partial charge in [0.1, 0.15) is 6.61 Å². The van der Waals surface area contributed by atoms with Crippen LogP contribution >= 0.6 is 24.0 Å². The van der Waals surface area contributed by atoms with E-state index >= 15 is 0 Å². The predicted molar refractivity (Wildman–Crippen MR) is 137 cm³/mol. The van der Waals surface area contributed by atoms with E-state index < -0.39 is 0 Å². The molecule has 2 fully saturated rings. The Kier molecular flexibility index (Phi) is 12.4. The second kappa shape index (κ2) is 14.8. The summed E-state index contributed by atoms with van der Waals surface area (Å²) in [5.41, 5.74) is 1.04. The molecule has 0 aromatic heterocycles. The number of benzene rings is 1.